The van der Waals surface area contributed by atoms with Gasteiger partial charge in [0.25, 0.3) is 5.91 Å². The van der Waals surface area contributed by atoms with E-state index in [1.165, 1.54) is 12.1 Å². The van der Waals surface area contributed by atoms with Crippen LogP contribution in [-0.4, -0.2) is 76.6 Å². The SMILES string of the molecule is Cc1ccc(C(=O)Nc2ccc(CN3CCN(C)CC3)c(C(F)(F)F)c2)cc1C#Cc1cnc2cc([Si](C)(C)O)cnn12. The van der Waals surface area contributed by atoms with E-state index in [1.54, 1.807) is 54.3 Å². The van der Waals surface area contributed by atoms with Gasteiger partial charge >= 0.3 is 6.18 Å². The van der Waals surface area contributed by atoms with Gasteiger partial charge in [-0.3, -0.25) is 9.69 Å². The summed E-state index contributed by atoms with van der Waals surface area (Å²) < 4.78 is 43.6. The molecule has 1 saturated heterocycles. The molecule has 1 amide bonds. The lowest BCUT2D eigenvalue weighted by Gasteiger charge is -2.33. The molecule has 2 aromatic carbocycles. The van der Waals surface area contributed by atoms with Crippen molar-refractivity contribution < 1.29 is 22.8 Å². The van der Waals surface area contributed by atoms with Gasteiger partial charge in [0.2, 0.25) is 8.32 Å². The third-order valence-electron chi connectivity index (χ3n) is 7.56. The maximum atomic E-state index is 14.0. The number of rotatable bonds is 5. The minimum atomic E-state index is -4.56. The minimum Gasteiger partial charge on any atom is -0.428 e. The molecule has 12 heteroatoms. The molecule has 2 aromatic heterocycles. The van der Waals surface area contributed by atoms with Crippen LogP contribution in [0.25, 0.3) is 5.65 Å². The second kappa shape index (κ2) is 11.9. The van der Waals surface area contributed by atoms with E-state index in [4.69, 9.17) is 0 Å². The third-order valence-corrected chi connectivity index (χ3v) is 9.24. The molecule has 0 aliphatic carbocycles. The van der Waals surface area contributed by atoms with Crippen molar-refractivity contribution in [2.75, 3.05) is 38.5 Å². The number of aromatic nitrogens is 3. The number of hydrogen-bond acceptors (Lipinski definition) is 6. The van der Waals surface area contributed by atoms with Gasteiger partial charge in [0.1, 0.15) is 5.69 Å². The Hall–Kier alpha value is -4.02. The Kier molecular flexibility index (Phi) is 8.44. The minimum absolute atomic E-state index is 0.0675. The van der Waals surface area contributed by atoms with Gasteiger partial charge in [0.15, 0.2) is 5.65 Å². The summed E-state index contributed by atoms with van der Waals surface area (Å²) in [6.45, 7) is 8.66. The topological polar surface area (TPSA) is 86.0 Å². The van der Waals surface area contributed by atoms with Crippen molar-refractivity contribution >= 4 is 30.7 Å². The van der Waals surface area contributed by atoms with Crippen LogP contribution in [0.5, 0.6) is 0 Å². The highest BCUT2D eigenvalue weighted by Gasteiger charge is 2.34. The smallest absolute Gasteiger partial charge is 0.416 e. The Labute approximate surface area is 249 Å². The maximum Gasteiger partial charge on any atom is 0.416 e. The second-order valence-electron chi connectivity index (χ2n) is 11.4. The molecule has 224 valence electrons. The number of nitrogens with zero attached hydrogens (tertiary/aromatic N) is 5. The van der Waals surface area contributed by atoms with Crippen LogP contribution >= 0.6 is 0 Å². The van der Waals surface area contributed by atoms with Crippen molar-refractivity contribution in [3.8, 4) is 11.8 Å². The first-order valence-corrected chi connectivity index (χ1v) is 16.8. The van der Waals surface area contributed by atoms with Gasteiger partial charge < -0.3 is 15.0 Å². The van der Waals surface area contributed by atoms with Gasteiger partial charge in [-0.15, -0.1) is 0 Å². The van der Waals surface area contributed by atoms with Gasteiger partial charge in [-0.25, -0.2) is 9.50 Å². The Morgan fingerprint density at radius 1 is 1.05 bits per heavy atom. The standard InChI is InChI=1S/C31H33F3N6O2Si/c1-21-5-6-23(15-22(21)8-10-26-18-35-29-17-27(43(3,4)42)19-36-40(26)29)30(41)37-25-9-7-24(28(16-25)31(32,33)34)20-39-13-11-38(2)12-14-39/h5-7,9,15-19,42H,11-14,20H2,1-4H3,(H,37,41). The zero-order chi connectivity index (χ0) is 30.9. The molecule has 4 aromatic rings. The number of imidazole rings is 1. The fraction of sp³-hybridized carbons (Fsp3) is 0.323. The van der Waals surface area contributed by atoms with Crippen molar-refractivity contribution in [3.05, 3.63) is 88.4 Å². The van der Waals surface area contributed by atoms with Gasteiger partial charge in [0.05, 0.1) is 11.8 Å². The van der Waals surface area contributed by atoms with E-state index < -0.39 is 26.0 Å². The summed E-state index contributed by atoms with van der Waals surface area (Å²) in [7, 11) is -0.546. The summed E-state index contributed by atoms with van der Waals surface area (Å²) in [5.41, 5.74) is 2.27. The van der Waals surface area contributed by atoms with Gasteiger partial charge in [-0.1, -0.05) is 18.1 Å². The Morgan fingerprint density at radius 2 is 1.79 bits per heavy atom. The maximum absolute atomic E-state index is 14.0. The number of aryl methyl sites for hydroxylation is 1. The van der Waals surface area contributed by atoms with Gasteiger partial charge in [0, 0.05) is 55.7 Å². The van der Waals surface area contributed by atoms with Crippen molar-refractivity contribution in [2.45, 2.75) is 32.7 Å². The van der Waals surface area contributed by atoms with Gasteiger partial charge in [-0.2, -0.15) is 18.3 Å². The number of alkyl halides is 3. The summed E-state index contributed by atoms with van der Waals surface area (Å²) in [6.07, 6.45) is -1.35. The molecule has 1 aliphatic heterocycles. The van der Waals surface area contributed by atoms with Crippen molar-refractivity contribution in [3.63, 3.8) is 0 Å². The van der Waals surface area contributed by atoms with E-state index in [1.807, 2.05) is 18.9 Å². The molecule has 0 atom stereocenters. The average molecular weight is 607 g/mol. The van der Waals surface area contributed by atoms with E-state index >= 15 is 0 Å². The molecule has 5 rings (SSSR count). The molecule has 43 heavy (non-hydrogen) atoms. The van der Waals surface area contributed by atoms with Crippen LogP contribution in [0.15, 0.2) is 54.9 Å². The van der Waals surface area contributed by atoms with Crippen molar-refractivity contribution in [1.82, 2.24) is 24.4 Å². The fourth-order valence-electron chi connectivity index (χ4n) is 4.83. The Morgan fingerprint density at radius 3 is 2.49 bits per heavy atom. The highest BCUT2D eigenvalue weighted by Crippen LogP contribution is 2.34. The molecule has 0 unspecified atom stereocenters. The second-order valence-corrected chi connectivity index (χ2v) is 15.1. The van der Waals surface area contributed by atoms with Crippen molar-refractivity contribution in [2.24, 2.45) is 0 Å². The average Bonchev–Trinajstić information content (AvgIpc) is 3.36. The predicted octanol–water partition coefficient (Wildman–Crippen LogP) is 3.86. The fourth-order valence-corrected chi connectivity index (χ4v) is 5.69. The highest BCUT2D eigenvalue weighted by molar-refractivity contribution is 6.83. The molecule has 1 fully saturated rings. The summed E-state index contributed by atoms with van der Waals surface area (Å²) in [4.78, 5) is 32.0. The first-order valence-electron chi connectivity index (χ1n) is 13.9. The lowest BCUT2D eigenvalue weighted by atomic mass is 10.0. The van der Waals surface area contributed by atoms with E-state index in [0.717, 1.165) is 29.9 Å². The zero-order valence-electron chi connectivity index (χ0n) is 24.5. The quantitative estimate of drug-likeness (QED) is 0.265. The Bertz CT molecular complexity index is 1730. The van der Waals surface area contributed by atoms with Crippen LogP contribution in [0, 0.1) is 18.8 Å². The largest absolute Gasteiger partial charge is 0.428 e. The predicted molar refractivity (Wildman–Crippen MR) is 162 cm³/mol. The van der Waals surface area contributed by atoms with Crippen LogP contribution in [0.1, 0.15) is 38.3 Å². The van der Waals surface area contributed by atoms with E-state index in [0.29, 0.717) is 30.0 Å². The van der Waals surface area contributed by atoms with Crippen LogP contribution < -0.4 is 10.5 Å². The number of anilines is 1. The molecule has 0 saturated carbocycles. The number of hydrogen-bond donors (Lipinski definition) is 2. The number of benzene rings is 2. The van der Waals surface area contributed by atoms with E-state index in [9.17, 15) is 22.8 Å². The lowest BCUT2D eigenvalue weighted by molar-refractivity contribution is -0.138. The third kappa shape index (κ3) is 7.14. The first-order chi connectivity index (χ1) is 20.3. The monoisotopic (exact) mass is 606 g/mol. The number of carbonyl (C=O) groups excluding carboxylic acids is 1. The molecule has 0 spiro atoms. The van der Waals surface area contributed by atoms with Crippen LogP contribution in [-0.2, 0) is 12.7 Å². The number of halogens is 3. The number of carbonyl (C=O) groups is 1. The molecule has 0 radical (unpaired) electrons. The first kappa shape index (κ1) is 30.4. The van der Waals surface area contributed by atoms with Crippen LogP contribution in [0.2, 0.25) is 13.1 Å². The summed E-state index contributed by atoms with van der Waals surface area (Å²) in [5, 5.41) is 7.75. The summed E-state index contributed by atoms with van der Waals surface area (Å²) in [5.74, 6) is 5.56. The van der Waals surface area contributed by atoms with E-state index in [-0.39, 0.29) is 23.4 Å². The van der Waals surface area contributed by atoms with Crippen molar-refractivity contribution in [1.29, 1.82) is 0 Å². The normalized spacial score (nSPS) is 14.9. The number of nitrogens with one attached hydrogen (secondary N) is 1. The lowest BCUT2D eigenvalue weighted by Crippen LogP contribution is -2.44. The zero-order valence-corrected chi connectivity index (χ0v) is 25.5. The number of fused-ring (bicyclic) bond motifs is 1. The summed E-state index contributed by atoms with van der Waals surface area (Å²) in [6, 6.07) is 10.7. The highest BCUT2D eigenvalue weighted by atomic mass is 28.4. The molecular weight excluding hydrogens is 573 g/mol. The van der Waals surface area contributed by atoms with Crippen LogP contribution in [0.4, 0.5) is 18.9 Å². The van der Waals surface area contributed by atoms with Gasteiger partial charge in [-0.05, 0) is 79.6 Å². The molecule has 3 heterocycles. The summed E-state index contributed by atoms with van der Waals surface area (Å²) >= 11 is 0. The molecule has 1 aliphatic rings. The molecule has 2 N–H and O–H groups in total. The van der Waals surface area contributed by atoms with Crippen LogP contribution in [0.3, 0.4) is 0 Å². The number of likely N-dealkylation sites (N-methyl/N-ethyl adjacent to an activating group) is 1. The molecule has 8 nitrogen and oxygen atoms in total. The molecular formula is C31H33F3N6O2Si. The number of amides is 1. The number of piperazine rings is 1. The Balaban J connectivity index is 1.35. The van der Waals surface area contributed by atoms with E-state index in [2.05, 4.69) is 32.1 Å². The molecule has 0 bridgehead atoms.